The number of nitrogens with one attached hydrogen (secondary N) is 1. The fourth-order valence-electron chi connectivity index (χ4n) is 2.86. The van der Waals surface area contributed by atoms with Gasteiger partial charge in [0.1, 0.15) is 0 Å². The van der Waals surface area contributed by atoms with E-state index in [1.54, 1.807) is 11.8 Å². The number of anilines is 1. The summed E-state index contributed by atoms with van der Waals surface area (Å²) in [6.07, 6.45) is 1.40. The third kappa shape index (κ3) is 2.82. The summed E-state index contributed by atoms with van der Waals surface area (Å²) in [5, 5.41) is 14.3. The molecule has 1 N–H and O–H groups in total. The second-order valence-electron chi connectivity index (χ2n) is 5.52. The highest BCUT2D eigenvalue weighted by molar-refractivity contribution is 7.99. The molecule has 116 valence electrons. The molecule has 23 heavy (non-hydrogen) atoms. The number of fused-ring (bicyclic) bond motifs is 2. The normalized spacial score (nSPS) is 13.7. The van der Waals surface area contributed by atoms with Crippen molar-refractivity contribution in [2.75, 3.05) is 11.1 Å². The Bertz CT molecular complexity index is 869. The molecule has 5 nitrogen and oxygen atoms in total. The molecule has 6 heteroatoms. The van der Waals surface area contributed by atoms with Gasteiger partial charge in [0, 0.05) is 12.3 Å². The molecular formula is C17H16N4OS. The number of carbonyl (C=O) groups excluding carboxylic acids is 1. The molecule has 2 heterocycles. The van der Waals surface area contributed by atoms with Crippen LogP contribution in [0.5, 0.6) is 0 Å². The van der Waals surface area contributed by atoms with Crippen LogP contribution >= 0.6 is 11.8 Å². The summed E-state index contributed by atoms with van der Waals surface area (Å²) >= 11 is 1.68. The molecule has 0 atom stereocenters. The minimum absolute atomic E-state index is 0.0628. The summed E-state index contributed by atoms with van der Waals surface area (Å²) in [6, 6.07) is 14.2. The second-order valence-corrected chi connectivity index (χ2v) is 6.59. The maximum absolute atomic E-state index is 12.4. The summed E-state index contributed by atoms with van der Waals surface area (Å²) in [7, 11) is 0. The van der Waals surface area contributed by atoms with Crippen LogP contribution in [0.15, 0.2) is 47.6 Å². The Morgan fingerprint density at radius 1 is 1.17 bits per heavy atom. The maximum atomic E-state index is 12.4. The van der Waals surface area contributed by atoms with Gasteiger partial charge in [-0.15, -0.1) is 10.2 Å². The molecule has 3 aromatic rings. The molecule has 0 saturated heterocycles. The van der Waals surface area contributed by atoms with E-state index in [1.165, 1.54) is 0 Å². The van der Waals surface area contributed by atoms with Gasteiger partial charge >= 0.3 is 0 Å². The van der Waals surface area contributed by atoms with Gasteiger partial charge in [-0.2, -0.15) is 0 Å². The van der Waals surface area contributed by atoms with Gasteiger partial charge in [0.05, 0.1) is 6.42 Å². The third-order valence-electron chi connectivity index (χ3n) is 3.96. The van der Waals surface area contributed by atoms with E-state index in [1.807, 2.05) is 34.9 Å². The summed E-state index contributed by atoms with van der Waals surface area (Å²) < 4.78 is 1.98. The molecule has 1 aliphatic heterocycles. The van der Waals surface area contributed by atoms with Gasteiger partial charge in [0.15, 0.2) is 5.16 Å². The van der Waals surface area contributed by atoms with E-state index >= 15 is 0 Å². The number of carbonyl (C=O) groups is 1. The van der Waals surface area contributed by atoms with Crippen LogP contribution in [-0.4, -0.2) is 26.4 Å². The van der Waals surface area contributed by atoms with E-state index < -0.39 is 0 Å². The van der Waals surface area contributed by atoms with Crippen molar-refractivity contribution in [1.29, 1.82) is 0 Å². The first-order valence-electron chi connectivity index (χ1n) is 7.64. The number of nitrogens with zero attached hydrogens (tertiary/aromatic N) is 3. The monoisotopic (exact) mass is 324 g/mol. The van der Waals surface area contributed by atoms with Crippen molar-refractivity contribution < 1.29 is 4.79 Å². The summed E-state index contributed by atoms with van der Waals surface area (Å²) in [5.74, 6) is 1.55. The first-order valence-corrected chi connectivity index (χ1v) is 8.62. The smallest absolute Gasteiger partial charge is 0.231 e. The largest absolute Gasteiger partial charge is 0.294 e. The second kappa shape index (κ2) is 6.04. The van der Waals surface area contributed by atoms with Crippen LogP contribution in [0.3, 0.4) is 0 Å². The van der Waals surface area contributed by atoms with E-state index in [2.05, 4.69) is 27.6 Å². The lowest BCUT2D eigenvalue weighted by Crippen LogP contribution is -2.19. The maximum Gasteiger partial charge on any atom is 0.231 e. The molecule has 0 aliphatic carbocycles. The highest BCUT2D eigenvalue weighted by Gasteiger charge is 2.18. The molecule has 4 rings (SSSR count). The minimum Gasteiger partial charge on any atom is -0.294 e. The molecule has 1 aliphatic rings. The fourth-order valence-corrected chi connectivity index (χ4v) is 3.75. The standard InChI is InChI=1S/C17H16N4OS/c22-15(18-16-19-20-17-21(16)9-4-10-23-17)11-13-7-3-6-12-5-1-2-8-14(12)13/h1-3,5-8H,4,9-11H2,(H,18,19,22). The number of aromatic nitrogens is 3. The van der Waals surface area contributed by atoms with E-state index in [4.69, 9.17) is 0 Å². The zero-order valence-electron chi connectivity index (χ0n) is 12.5. The molecule has 0 saturated carbocycles. The number of thioether (sulfide) groups is 1. The number of hydrogen-bond acceptors (Lipinski definition) is 4. The molecule has 0 spiro atoms. The van der Waals surface area contributed by atoms with Crippen molar-refractivity contribution in [2.45, 2.75) is 24.5 Å². The molecule has 1 aromatic heterocycles. The number of benzene rings is 2. The van der Waals surface area contributed by atoms with Crippen LogP contribution in [-0.2, 0) is 17.8 Å². The average molecular weight is 324 g/mol. The van der Waals surface area contributed by atoms with Crippen molar-refractivity contribution in [2.24, 2.45) is 0 Å². The van der Waals surface area contributed by atoms with Gasteiger partial charge in [-0.1, -0.05) is 54.2 Å². The number of hydrogen-bond donors (Lipinski definition) is 1. The predicted octanol–water partition coefficient (Wildman–Crippen LogP) is 3.11. The van der Waals surface area contributed by atoms with Crippen molar-refractivity contribution >= 4 is 34.4 Å². The highest BCUT2D eigenvalue weighted by Crippen LogP contribution is 2.25. The topological polar surface area (TPSA) is 59.8 Å². The van der Waals surface area contributed by atoms with Crippen LogP contribution in [0, 0.1) is 0 Å². The van der Waals surface area contributed by atoms with E-state index in [0.29, 0.717) is 12.4 Å². The molecular weight excluding hydrogens is 308 g/mol. The molecule has 1 amide bonds. The Hall–Kier alpha value is -2.34. The van der Waals surface area contributed by atoms with Crippen molar-refractivity contribution in [3.8, 4) is 0 Å². The first kappa shape index (κ1) is 14.3. The fraction of sp³-hybridized carbons (Fsp3) is 0.235. The van der Waals surface area contributed by atoms with Gasteiger partial charge in [-0.05, 0) is 22.8 Å². The third-order valence-corrected chi connectivity index (χ3v) is 5.01. The number of rotatable bonds is 3. The lowest BCUT2D eigenvalue weighted by molar-refractivity contribution is -0.115. The quantitative estimate of drug-likeness (QED) is 0.804. The van der Waals surface area contributed by atoms with E-state index in [0.717, 1.165) is 40.2 Å². The SMILES string of the molecule is O=C(Cc1cccc2ccccc12)Nc1nnc2n1CCCS2. The van der Waals surface area contributed by atoms with Gasteiger partial charge in [0.2, 0.25) is 11.9 Å². The Labute approximate surface area is 138 Å². The van der Waals surface area contributed by atoms with Gasteiger partial charge in [-0.3, -0.25) is 14.7 Å². The Kier molecular flexibility index (Phi) is 3.75. The predicted molar refractivity (Wildman–Crippen MR) is 91.6 cm³/mol. The molecule has 0 radical (unpaired) electrons. The Morgan fingerprint density at radius 2 is 2.04 bits per heavy atom. The van der Waals surface area contributed by atoms with E-state index in [-0.39, 0.29) is 5.91 Å². The van der Waals surface area contributed by atoms with Gasteiger partial charge in [0.25, 0.3) is 0 Å². The summed E-state index contributed by atoms with van der Waals surface area (Å²) in [4.78, 5) is 12.4. The lowest BCUT2D eigenvalue weighted by atomic mass is 10.0. The Balaban J connectivity index is 1.55. The van der Waals surface area contributed by atoms with Crippen LogP contribution in [0.25, 0.3) is 10.8 Å². The lowest BCUT2D eigenvalue weighted by Gasteiger charge is -2.14. The first-order chi connectivity index (χ1) is 11.3. The van der Waals surface area contributed by atoms with Crippen molar-refractivity contribution in [3.63, 3.8) is 0 Å². The zero-order chi connectivity index (χ0) is 15.6. The highest BCUT2D eigenvalue weighted by atomic mass is 32.2. The van der Waals surface area contributed by atoms with Crippen molar-refractivity contribution in [1.82, 2.24) is 14.8 Å². The average Bonchev–Trinajstić information content (AvgIpc) is 2.98. The van der Waals surface area contributed by atoms with Gasteiger partial charge < -0.3 is 0 Å². The molecule has 0 fully saturated rings. The summed E-state index contributed by atoms with van der Waals surface area (Å²) in [5.41, 5.74) is 1.02. The van der Waals surface area contributed by atoms with Gasteiger partial charge in [-0.25, -0.2) is 0 Å². The molecule has 0 bridgehead atoms. The van der Waals surface area contributed by atoms with Crippen LogP contribution in [0.4, 0.5) is 5.95 Å². The van der Waals surface area contributed by atoms with Crippen LogP contribution in [0.2, 0.25) is 0 Å². The zero-order valence-corrected chi connectivity index (χ0v) is 13.3. The number of amides is 1. The van der Waals surface area contributed by atoms with Crippen LogP contribution in [0.1, 0.15) is 12.0 Å². The Morgan fingerprint density at radius 3 is 3.00 bits per heavy atom. The molecule has 2 aromatic carbocycles. The minimum atomic E-state index is -0.0628. The van der Waals surface area contributed by atoms with Crippen molar-refractivity contribution in [3.05, 3.63) is 48.0 Å². The van der Waals surface area contributed by atoms with E-state index in [9.17, 15) is 4.79 Å². The molecule has 0 unspecified atom stereocenters. The summed E-state index contributed by atoms with van der Waals surface area (Å²) in [6.45, 7) is 0.860. The van der Waals surface area contributed by atoms with Crippen LogP contribution < -0.4 is 5.32 Å².